The summed E-state index contributed by atoms with van der Waals surface area (Å²) in [7, 11) is 1.67. The van der Waals surface area contributed by atoms with Crippen LogP contribution in [0, 0.1) is 17.5 Å². The summed E-state index contributed by atoms with van der Waals surface area (Å²) in [6, 6.07) is 4.20. The molecule has 0 amide bonds. The van der Waals surface area contributed by atoms with Crippen molar-refractivity contribution in [2.24, 2.45) is 0 Å². The lowest BCUT2D eigenvalue weighted by molar-refractivity contribution is 0.485. The van der Waals surface area contributed by atoms with Gasteiger partial charge in [-0.1, -0.05) is 0 Å². The third kappa shape index (κ3) is 3.13. The number of pyridine rings is 1. The quantitative estimate of drug-likeness (QED) is 0.703. The molecule has 0 unspecified atom stereocenters. The van der Waals surface area contributed by atoms with Gasteiger partial charge in [0.2, 0.25) is 0 Å². The maximum atomic E-state index is 14.1. The summed E-state index contributed by atoms with van der Waals surface area (Å²) in [6.07, 6.45) is 2.94. The summed E-state index contributed by atoms with van der Waals surface area (Å²) in [4.78, 5) is 12.4. The van der Waals surface area contributed by atoms with E-state index in [1.54, 1.807) is 25.4 Å². The number of nitrogens with one attached hydrogen (secondary N) is 2. The molecule has 0 radical (unpaired) electrons. The summed E-state index contributed by atoms with van der Waals surface area (Å²) in [5, 5.41) is 5.91. The molecule has 1 aromatic carbocycles. The van der Waals surface area contributed by atoms with Gasteiger partial charge in [-0.25, -0.2) is 23.1 Å². The third-order valence-corrected chi connectivity index (χ3v) is 3.53. The highest BCUT2D eigenvalue weighted by Gasteiger charge is 2.20. The zero-order chi connectivity index (χ0) is 17.1. The van der Waals surface area contributed by atoms with Crippen LogP contribution < -0.4 is 10.6 Å². The molecular weight excluding hydrogens is 319 g/mol. The summed E-state index contributed by atoms with van der Waals surface area (Å²) < 4.78 is 40.8. The first-order chi connectivity index (χ1) is 11.6. The minimum absolute atomic E-state index is 0.00839. The van der Waals surface area contributed by atoms with Crippen molar-refractivity contribution in [2.75, 3.05) is 18.9 Å². The number of benzene rings is 1. The second-order valence-electron chi connectivity index (χ2n) is 5.14. The molecule has 0 bridgehead atoms. The number of hydrogen-bond acceptors (Lipinski definition) is 5. The van der Waals surface area contributed by atoms with Gasteiger partial charge in [0.1, 0.15) is 17.7 Å². The molecule has 2 N–H and O–H groups in total. The molecule has 5 nitrogen and oxygen atoms in total. The van der Waals surface area contributed by atoms with Crippen LogP contribution in [0.1, 0.15) is 11.6 Å². The second-order valence-corrected chi connectivity index (χ2v) is 5.14. The van der Waals surface area contributed by atoms with Gasteiger partial charge in [-0.2, -0.15) is 0 Å². The number of likely N-dealkylation sites (N-methyl/N-ethyl adjacent to an activating group) is 1. The van der Waals surface area contributed by atoms with E-state index >= 15 is 0 Å². The van der Waals surface area contributed by atoms with Crippen molar-refractivity contribution in [3.8, 4) is 0 Å². The molecule has 2 heterocycles. The minimum atomic E-state index is -1.23. The summed E-state index contributed by atoms with van der Waals surface area (Å²) in [6.45, 7) is 0.264. The Bertz CT molecular complexity index is 866. The summed E-state index contributed by atoms with van der Waals surface area (Å²) >= 11 is 0. The van der Waals surface area contributed by atoms with E-state index in [1.165, 1.54) is 6.33 Å². The van der Waals surface area contributed by atoms with Gasteiger partial charge in [0, 0.05) is 24.4 Å². The van der Waals surface area contributed by atoms with Crippen molar-refractivity contribution in [2.45, 2.75) is 6.04 Å². The van der Waals surface area contributed by atoms with Crippen molar-refractivity contribution in [1.29, 1.82) is 0 Å². The van der Waals surface area contributed by atoms with E-state index in [2.05, 4.69) is 25.6 Å². The number of rotatable bonds is 5. The predicted molar refractivity (Wildman–Crippen MR) is 83.9 cm³/mol. The molecule has 0 aliphatic carbocycles. The molecule has 24 heavy (non-hydrogen) atoms. The van der Waals surface area contributed by atoms with Crippen molar-refractivity contribution >= 4 is 16.9 Å². The minimum Gasteiger partial charge on any atom is -0.360 e. The Morgan fingerprint density at radius 3 is 2.62 bits per heavy atom. The van der Waals surface area contributed by atoms with Gasteiger partial charge in [0.25, 0.3) is 0 Å². The zero-order valence-electron chi connectivity index (χ0n) is 12.7. The lowest BCUT2D eigenvalue weighted by Crippen LogP contribution is -2.25. The maximum Gasteiger partial charge on any atom is 0.161 e. The molecule has 3 aromatic rings. The van der Waals surface area contributed by atoms with Crippen LogP contribution in [-0.2, 0) is 0 Å². The summed E-state index contributed by atoms with van der Waals surface area (Å²) in [5.74, 6) is -2.80. The number of hydrogen-bond donors (Lipinski definition) is 2. The number of fused-ring (bicyclic) bond motifs is 1. The first-order valence-corrected chi connectivity index (χ1v) is 7.21. The lowest BCUT2D eigenvalue weighted by atomic mass is 10.1. The van der Waals surface area contributed by atoms with Gasteiger partial charge in [-0.05, 0) is 25.2 Å². The normalized spacial score (nSPS) is 12.3. The van der Waals surface area contributed by atoms with Crippen LogP contribution in [0.2, 0.25) is 0 Å². The van der Waals surface area contributed by atoms with Gasteiger partial charge < -0.3 is 10.6 Å². The fourth-order valence-electron chi connectivity index (χ4n) is 2.41. The van der Waals surface area contributed by atoms with Crippen LogP contribution in [0.3, 0.4) is 0 Å². The number of halogens is 3. The summed E-state index contributed by atoms with van der Waals surface area (Å²) in [5.41, 5.74) is 1.11. The molecule has 3 rings (SSSR count). The smallest absolute Gasteiger partial charge is 0.161 e. The highest BCUT2D eigenvalue weighted by atomic mass is 19.2. The van der Waals surface area contributed by atoms with Crippen LogP contribution in [0.25, 0.3) is 11.0 Å². The highest BCUT2D eigenvalue weighted by molar-refractivity contribution is 5.84. The van der Waals surface area contributed by atoms with Gasteiger partial charge in [0.15, 0.2) is 17.5 Å². The van der Waals surface area contributed by atoms with Gasteiger partial charge >= 0.3 is 0 Å². The SMILES string of the molecule is CNC[C@@H](Nc1ncnc2cccnc12)c1cc(F)c(F)cc1F. The topological polar surface area (TPSA) is 62.7 Å². The van der Waals surface area contributed by atoms with Crippen molar-refractivity contribution in [3.63, 3.8) is 0 Å². The van der Waals surface area contributed by atoms with Crippen LogP contribution in [0.15, 0.2) is 36.8 Å². The average molecular weight is 333 g/mol. The van der Waals surface area contributed by atoms with Crippen molar-refractivity contribution in [3.05, 3.63) is 59.8 Å². The Labute approximate surface area is 136 Å². The maximum absolute atomic E-state index is 14.1. The molecule has 0 saturated carbocycles. The van der Waals surface area contributed by atoms with Gasteiger partial charge in [-0.3, -0.25) is 4.98 Å². The number of aromatic nitrogens is 3. The molecule has 1 atom stereocenters. The van der Waals surface area contributed by atoms with E-state index in [1.807, 2.05) is 0 Å². The molecule has 0 fully saturated rings. The largest absolute Gasteiger partial charge is 0.360 e. The van der Waals surface area contributed by atoms with Gasteiger partial charge in [-0.15, -0.1) is 0 Å². The number of nitrogens with zero attached hydrogens (tertiary/aromatic N) is 3. The number of anilines is 1. The average Bonchev–Trinajstić information content (AvgIpc) is 2.58. The van der Waals surface area contributed by atoms with E-state index in [-0.39, 0.29) is 12.1 Å². The molecule has 8 heteroatoms. The molecule has 0 aliphatic rings. The van der Waals surface area contributed by atoms with E-state index < -0.39 is 23.5 Å². The fourth-order valence-corrected chi connectivity index (χ4v) is 2.41. The van der Waals surface area contributed by atoms with E-state index in [9.17, 15) is 13.2 Å². The first kappa shape index (κ1) is 16.1. The fraction of sp³-hybridized carbons (Fsp3) is 0.188. The van der Waals surface area contributed by atoms with Crippen molar-refractivity contribution in [1.82, 2.24) is 20.3 Å². The van der Waals surface area contributed by atoms with E-state index in [0.29, 0.717) is 22.9 Å². The van der Waals surface area contributed by atoms with E-state index in [4.69, 9.17) is 0 Å². The Morgan fingerprint density at radius 1 is 1.04 bits per heavy atom. The Hall–Kier alpha value is -2.74. The van der Waals surface area contributed by atoms with Crippen LogP contribution in [-0.4, -0.2) is 28.5 Å². The van der Waals surface area contributed by atoms with E-state index in [0.717, 1.165) is 6.07 Å². The van der Waals surface area contributed by atoms with Crippen molar-refractivity contribution < 1.29 is 13.2 Å². The van der Waals surface area contributed by atoms with Crippen LogP contribution >= 0.6 is 0 Å². The van der Waals surface area contributed by atoms with Crippen LogP contribution in [0.5, 0.6) is 0 Å². The molecular formula is C16H14F3N5. The standard InChI is InChI=1S/C16H14F3N5/c1-20-7-14(9-5-11(18)12(19)6-10(9)17)24-16-15-13(22-8-23-16)3-2-4-21-15/h2-6,8,14,20H,7H2,1H3,(H,22,23,24)/t14-/m1/s1. The molecule has 0 saturated heterocycles. The Balaban J connectivity index is 2.01. The molecule has 124 valence electrons. The van der Waals surface area contributed by atoms with Gasteiger partial charge in [0.05, 0.1) is 11.6 Å². The molecule has 0 aliphatic heterocycles. The lowest BCUT2D eigenvalue weighted by Gasteiger charge is -2.20. The monoisotopic (exact) mass is 333 g/mol. The third-order valence-electron chi connectivity index (χ3n) is 3.53. The molecule has 0 spiro atoms. The highest BCUT2D eigenvalue weighted by Crippen LogP contribution is 2.25. The first-order valence-electron chi connectivity index (χ1n) is 7.21. The predicted octanol–water partition coefficient (Wildman–Crippen LogP) is 2.81. The molecule has 2 aromatic heterocycles. The second kappa shape index (κ2) is 6.79. The zero-order valence-corrected chi connectivity index (χ0v) is 12.7. The Morgan fingerprint density at radius 2 is 1.83 bits per heavy atom. The Kier molecular flexibility index (Phi) is 4.57. The van der Waals surface area contributed by atoms with Crippen LogP contribution in [0.4, 0.5) is 19.0 Å².